The van der Waals surface area contributed by atoms with Gasteiger partial charge in [-0.15, -0.1) is 0 Å². The summed E-state index contributed by atoms with van der Waals surface area (Å²) in [5, 5.41) is 8.01. The van der Waals surface area contributed by atoms with E-state index in [1.54, 1.807) is 24.3 Å². The van der Waals surface area contributed by atoms with Crippen LogP contribution in [0.1, 0.15) is 18.9 Å². The third-order valence-electron chi connectivity index (χ3n) is 3.65. The van der Waals surface area contributed by atoms with Crippen molar-refractivity contribution in [2.45, 2.75) is 19.9 Å². The first-order valence-electron chi connectivity index (χ1n) is 8.26. The van der Waals surface area contributed by atoms with E-state index < -0.39 is 0 Å². The van der Waals surface area contributed by atoms with Gasteiger partial charge < -0.3 is 14.8 Å². The molecule has 0 aliphatic carbocycles. The van der Waals surface area contributed by atoms with Crippen molar-refractivity contribution in [3.63, 3.8) is 0 Å². The Balaban J connectivity index is 1.80. The largest absolute Gasteiger partial charge is 0.493 e. The molecule has 0 unspecified atom stereocenters. The second kappa shape index (κ2) is 8.53. The van der Waals surface area contributed by atoms with Crippen molar-refractivity contribution in [1.82, 2.24) is 19.7 Å². The number of rotatable bonds is 8. The molecule has 0 saturated heterocycles. The van der Waals surface area contributed by atoms with Crippen LogP contribution in [0.25, 0.3) is 5.82 Å². The Morgan fingerprint density at radius 1 is 1.31 bits per heavy atom. The molecule has 26 heavy (non-hydrogen) atoms. The number of methoxy groups -OCH3 is 1. The molecular weight excluding hydrogens is 354 g/mol. The van der Waals surface area contributed by atoms with Gasteiger partial charge >= 0.3 is 0 Å². The topological polar surface area (TPSA) is 74.1 Å². The van der Waals surface area contributed by atoms with Crippen LogP contribution in [-0.2, 0) is 6.54 Å². The van der Waals surface area contributed by atoms with Crippen LogP contribution in [0.2, 0.25) is 5.02 Å². The van der Waals surface area contributed by atoms with Gasteiger partial charge in [0.05, 0.1) is 24.4 Å². The molecule has 0 fully saturated rings. The number of anilines is 1. The molecule has 7 nitrogen and oxygen atoms in total. The van der Waals surface area contributed by atoms with Gasteiger partial charge in [0.15, 0.2) is 17.3 Å². The summed E-state index contributed by atoms with van der Waals surface area (Å²) in [6, 6.07) is 7.57. The van der Waals surface area contributed by atoms with E-state index in [0.29, 0.717) is 35.5 Å². The molecule has 0 atom stereocenters. The highest BCUT2D eigenvalue weighted by atomic mass is 35.5. The lowest BCUT2D eigenvalue weighted by Gasteiger charge is -2.15. The van der Waals surface area contributed by atoms with Gasteiger partial charge in [-0.05, 0) is 36.2 Å². The van der Waals surface area contributed by atoms with E-state index in [-0.39, 0.29) is 0 Å². The molecule has 0 bridgehead atoms. The minimum atomic E-state index is 0.525. The molecule has 0 spiro atoms. The first kappa shape index (κ1) is 18.0. The second-order valence-electron chi connectivity index (χ2n) is 5.53. The second-order valence-corrected chi connectivity index (χ2v) is 5.93. The number of nitrogens with one attached hydrogen (secondary N) is 1. The van der Waals surface area contributed by atoms with Crippen LogP contribution in [0.5, 0.6) is 11.5 Å². The summed E-state index contributed by atoms with van der Waals surface area (Å²) in [5.74, 6) is 1.86. The highest BCUT2D eigenvalue weighted by Crippen LogP contribution is 2.36. The Hall–Kier alpha value is -2.80. The highest BCUT2D eigenvalue weighted by Gasteiger charge is 2.13. The number of pyridine rings is 1. The number of aromatic nitrogens is 4. The SMILES string of the molecule is CCCOc1c(Cl)cc(CNc2cccnc2-n2cncn2)cc1OC. The summed E-state index contributed by atoms with van der Waals surface area (Å²) in [5.41, 5.74) is 1.79. The van der Waals surface area contributed by atoms with Crippen LogP contribution in [-0.4, -0.2) is 33.5 Å². The summed E-state index contributed by atoms with van der Waals surface area (Å²) in [4.78, 5) is 8.32. The molecule has 1 N–H and O–H groups in total. The number of benzene rings is 1. The van der Waals surface area contributed by atoms with Crippen molar-refractivity contribution in [1.29, 1.82) is 0 Å². The van der Waals surface area contributed by atoms with Crippen LogP contribution in [0.3, 0.4) is 0 Å². The minimum absolute atomic E-state index is 0.525. The van der Waals surface area contributed by atoms with E-state index in [2.05, 4.69) is 20.4 Å². The first-order valence-corrected chi connectivity index (χ1v) is 8.63. The number of hydrogen-bond acceptors (Lipinski definition) is 6. The lowest BCUT2D eigenvalue weighted by atomic mass is 10.2. The van der Waals surface area contributed by atoms with Gasteiger partial charge in [-0.1, -0.05) is 18.5 Å². The van der Waals surface area contributed by atoms with Gasteiger partial charge in [0, 0.05) is 12.7 Å². The predicted molar refractivity (Wildman–Crippen MR) is 100 cm³/mol. The Morgan fingerprint density at radius 2 is 2.19 bits per heavy atom. The molecule has 1 aromatic carbocycles. The molecule has 0 amide bonds. The molecule has 3 aromatic rings. The molecule has 8 heteroatoms. The van der Waals surface area contributed by atoms with Crippen molar-refractivity contribution in [3.8, 4) is 17.3 Å². The molecule has 0 aliphatic rings. The zero-order chi connectivity index (χ0) is 18.4. The lowest BCUT2D eigenvalue weighted by molar-refractivity contribution is 0.294. The Bertz CT molecular complexity index is 855. The molecule has 3 rings (SSSR count). The summed E-state index contributed by atoms with van der Waals surface area (Å²) in [6.45, 7) is 3.17. The molecule has 2 heterocycles. The van der Waals surface area contributed by atoms with Crippen molar-refractivity contribution in [3.05, 3.63) is 53.7 Å². The lowest BCUT2D eigenvalue weighted by Crippen LogP contribution is -2.07. The predicted octanol–water partition coefficient (Wildman–Crippen LogP) is 3.73. The van der Waals surface area contributed by atoms with Crippen LogP contribution >= 0.6 is 11.6 Å². The number of halogens is 1. The smallest absolute Gasteiger partial charge is 0.179 e. The molecule has 0 aliphatic heterocycles. The van der Waals surface area contributed by atoms with Crippen molar-refractivity contribution in [2.75, 3.05) is 19.0 Å². The van der Waals surface area contributed by atoms with E-state index in [9.17, 15) is 0 Å². The van der Waals surface area contributed by atoms with Crippen LogP contribution < -0.4 is 14.8 Å². The molecule has 0 radical (unpaired) electrons. The molecule has 136 valence electrons. The van der Waals surface area contributed by atoms with E-state index in [0.717, 1.165) is 17.7 Å². The van der Waals surface area contributed by atoms with Gasteiger partial charge in [-0.2, -0.15) is 5.10 Å². The average Bonchev–Trinajstić information content (AvgIpc) is 3.20. The van der Waals surface area contributed by atoms with Gasteiger partial charge in [0.2, 0.25) is 0 Å². The zero-order valence-corrected chi connectivity index (χ0v) is 15.4. The number of ether oxygens (including phenoxy) is 2. The van der Waals surface area contributed by atoms with Crippen molar-refractivity contribution < 1.29 is 9.47 Å². The number of nitrogens with zero attached hydrogens (tertiary/aromatic N) is 4. The first-order chi connectivity index (χ1) is 12.7. The fourth-order valence-corrected chi connectivity index (χ4v) is 2.74. The maximum atomic E-state index is 6.38. The quantitative estimate of drug-likeness (QED) is 0.648. The maximum Gasteiger partial charge on any atom is 0.179 e. The van der Waals surface area contributed by atoms with Crippen LogP contribution in [0.15, 0.2) is 43.1 Å². The van der Waals surface area contributed by atoms with E-state index in [1.807, 2.05) is 31.2 Å². The summed E-state index contributed by atoms with van der Waals surface area (Å²) < 4.78 is 12.7. The van der Waals surface area contributed by atoms with Gasteiger partial charge in [-0.3, -0.25) is 0 Å². The number of hydrogen-bond donors (Lipinski definition) is 1. The Morgan fingerprint density at radius 3 is 2.92 bits per heavy atom. The van der Waals surface area contributed by atoms with Gasteiger partial charge in [0.1, 0.15) is 12.7 Å². The Labute approximate surface area is 156 Å². The summed E-state index contributed by atoms with van der Waals surface area (Å²) in [7, 11) is 1.60. The fraction of sp³-hybridized carbons (Fsp3) is 0.278. The van der Waals surface area contributed by atoms with Crippen molar-refractivity contribution in [2.24, 2.45) is 0 Å². The third-order valence-corrected chi connectivity index (χ3v) is 3.93. The molecule has 0 saturated carbocycles. The Kier molecular flexibility index (Phi) is 5.91. The molecule has 2 aromatic heterocycles. The van der Waals surface area contributed by atoms with Crippen LogP contribution in [0.4, 0.5) is 5.69 Å². The highest BCUT2D eigenvalue weighted by molar-refractivity contribution is 6.32. The molecular formula is C18H20ClN5O2. The van der Waals surface area contributed by atoms with Gasteiger partial charge in [0.25, 0.3) is 0 Å². The monoisotopic (exact) mass is 373 g/mol. The standard InChI is InChI=1S/C18H20ClN5O2/c1-3-7-26-17-14(19)8-13(9-16(17)25-2)10-22-15-5-4-6-21-18(15)24-12-20-11-23-24/h4-6,8-9,11-12,22H,3,7,10H2,1-2H3. The fourth-order valence-electron chi connectivity index (χ4n) is 2.45. The van der Waals surface area contributed by atoms with Crippen LogP contribution in [0, 0.1) is 0 Å². The maximum absolute atomic E-state index is 6.38. The zero-order valence-electron chi connectivity index (χ0n) is 14.6. The average molecular weight is 374 g/mol. The van der Waals surface area contributed by atoms with E-state index in [1.165, 1.54) is 6.33 Å². The summed E-state index contributed by atoms with van der Waals surface area (Å²) in [6.07, 6.45) is 5.68. The van der Waals surface area contributed by atoms with E-state index >= 15 is 0 Å². The van der Waals surface area contributed by atoms with Gasteiger partial charge in [-0.25, -0.2) is 14.6 Å². The third kappa shape index (κ3) is 4.05. The minimum Gasteiger partial charge on any atom is -0.493 e. The van der Waals surface area contributed by atoms with Crippen molar-refractivity contribution >= 4 is 17.3 Å². The van der Waals surface area contributed by atoms with E-state index in [4.69, 9.17) is 21.1 Å². The normalized spacial score (nSPS) is 10.6. The summed E-state index contributed by atoms with van der Waals surface area (Å²) >= 11 is 6.38.